The average molecular weight is 241 g/mol. The third kappa shape index (κ3) is 2.80. The van der Waals surface area contributed by atoms with Crippen molar-refractivity contribution in [3.8, 4) is 6.07 Å². The van der Waals surface area contributed by atoms with E-state index in [4.69, 9.17) is 11.0 Å². The summed E-state index contributed by atoms with van der Waals surface area (Å²) in [5.74, 6) is 0. The molecule has 0 fully saturated rings. The summed E-state index contributed by atoms with van der Waals surface area (Å²) in [5.41, 5.74) is 9.37. The maximum atomic E-state index is 8.71. The van der Waals surface area contributed by atoms with Crippen LogP contribution < -0.4 is 11.1 Å². The van der Waals surface area contributed by atoms with Crippen LogP contribution in [-0.4, -0.2) is 9.78 Å². The molecule has 2 aromatic rings. The summed E-state index contributed by atoms with van der Waals surface area (Å²) in [6.07, 6.45) is 4.11. The van der Waals surface area contributed by atoms with Gasteiger partial charge in [0, 0.05) is 36.7 Å². The lowest BCUT2D eigenvalue weighted by molar-refractivity contribution is 0.767. The molecule has 2 rings (SSSR count). The van der Waals surface area contributed by atoms with Gasteiger partial charge in [-0.3, -0.25) is 4.68 Å². The summed E-state index contributed by atoms with van der Waals surface area (Å²) in [5, 5.41) is 16.1. The molecule has 0 atom stereocenters. The van der Waals surface area contributed by atoms with E-state index in [1.54, 1.807) is 4.68 Å². The molecule has 0 spiro atoms. The van der Waals surface area contributed by atoms with Crippen LogP contribution >= 0.6 is 0 Å². The van der Waals surface area contributed by atoms with E-state index in [0.717, 1.165) is 16.8 Å². The first-order chi connectivity index (χ1) is 8.69. The molecular formula is C13H15N5. The van der Waals surface area contributed by atoms with E-state index < -0.39 is 0 Å². The van der Waals surface area contributed by atoms with Crippen LogP contribution in [-0.2, 0) is 20.0 Å². The largest absolute Gasteiger partial charge is 0.398 e. The third-order valence-corrected chi connectivity index (χ3v) is 2.67. The highest BCUT2D eigenvalue weighted by Gasteiger charge is 2.01. The van der Waals surface area contributed by atoms with Gasteiger partial charge in [-0.1, -0.05) is 0 Å². The van der Waals surface area contributed by atoms with Gasteiger partial charge in [0.1, 0.15) is 0 Å². The normalized spacial score (nSPS) is 10.0. The SMILES string of the molecule is Cn1cc(CNc2ccc(N)c(CC#N)c2)cn1. The van der Waals surface area contributed by atoms with Gasteiger partial charge in [-0.05, 0) is 23.8 Å². The van der Waals surface area contributed by atoms with Crippen LogP contribution in [0.4, 0.5) is 11.4 Å². The van der Waals surface area contributed by atoms with Gasteiger partial charge < -0.3 is 11.1 Å². The third-order valence-electron chi connectivity index (χ3n) is 2.67. The number of anilines is 2. The fourth-order valence-corrected chi connectivity index (χ4v) is 1.72. The van der Waals surface area contributed by atoms with Gasteiger partial charge in [-0.2, -0.15) is 10.4 Å². The number of nitrogens with two attached hydrogens (primary N) is 1. The Kier molecular flexibility index (Phi) is 3.49. The van der Waals surface area contributed by atoms with Gasteiger partial charge in [0.25, 0.3) is 0 Å². The molecule has 18 heavy (non-hydrogen) atoms. The number of benzene rings is 1. The van der Waals surface area contributed by atoms with Crippen molar-refractivity contribution >= 4 is 11.4 Å². The van der Waals surface area contributed by atoms with Crippen LogP contribution in [0.25, 0.3) is 0 Å². The summed E-state index contributed by atoms with van der Waals surface area (Å²) >= 11 is 0. The van der Waals surface area contributed by atoms with Crippen molar-refractivity contribution in [1.82, 2.24) is 9.78 Å². The maximum Gasteiger partial charge on any atom is 0.0670 e. The van der Waals surface area contributed by atoms with Crippen molar-refractivity contribution in [2.75, 3.05) is 11.1 Å². The Labute approximate surface area is 106 Å². The van der Waals surface area contributed by atoms with Crippen molar-refractivity contribution in [1.29, 1.82) is 5.26 Å². The predicted molar refractivity (Wildman–Crippen MR) is 70.7 cm³/mol. The lowest BCUT2D eigenvalue weighted by atomic mass is 10.1. The minimum absolute atomic E-state index is 0.328. The minimum atomic E-state index is 0.328. The van der Waals surface area contributed by atoms with Crippen LogP contribution in [0, 0.1) is 11.3 Å². The van der Waals surface area contributed by atoms with Gasteiger partial charge in [0.2, 0.25) is 0 Å². The Hall–Kier alpha value is -2.48. The second-order valence-electron chi connectivity index (χ2n) is 4.12. The Morgan fingerprint density at radius 2 is 2.33 bits per heavy atom. The first-order valence-electron chi connectivity index (χ1n) is 5.66. The highest BCUT2D eigenvalue weighted by molar-refractivity contribution is 5.58. The monoisotopic (exact) mass is 241 g/mol. The van der Waals surface area contributed by atoms with E-state index in [0.29, 0.717) is 18.7 Å². The highest BCUT2D eigenvalue weighted by Crippen LogP contribution is 2.18. The van der Waals surface area contributed by atoms with Gasteiger partial charge in [-0.25, -0.2) is 0 Å². The average Bonchev–Trinajstić information content (AvgIpc) is 2.76. The van der Waals surface area contributed by atoms with E-state index in [9.17, 15) is 0 Å². The maximum absolute atomic E-state index is 8.71. The number of nitriles is 1. The molecule has 0 aliphatic heterocycles. The van der Waals surface area contributed by atoms with Gasteiger partial charge in [0.05, 0.1) is 18.7 Å². The number of hydrogen-bond donors (Lipinski definition) is 2. The zero-order valence-electron chi connectivity index (χ0n) is 10.2. The summed E-state index contributed by atoms with van der Waals surface area (Å²) in [6.45, 7) is 0.698. The standard InChI is InChI=1S/C13H15N5/c1-18-9-10(8-17-18)7-16-12-2-3-13(15)11(6-12)4-5-14/h2-3,6,8-9,16H,4,7,15H2,1H3. The molecule has 0 unspecified atom stereocenters. The number of rotatable bonds is 4. The van der Waals surface area contributed by atoms with Crippen molar-refractivity contribution < 1.29 is 0 Å². The minimum Gasteiger partial charge on any atom is -0.398 e. The van der Waals surface area contributed by atoms with Crippen molar-refractivity contribution in [3.05, 3.63) is 41.7 Å². The second-order valence-corrected chi connectivity index (χ2v) is 4.12. The predicted octanol–water partition coefficient (Wildman–Crippen LogP) is 1.68. The molecule has 0 saturated carbocycles. The molecule has 0 amide bonds. The topological polar surface area (TPSA) is 79.7 Å². The van der Waals surface area contributed by atoms with E-state index in [-0.39, 0.29) is 0 Å². The van der Waals surface area contributed by atoms with E-state index in [1.165, 1.54) is 0 Å². The van der Waals surface area contributed by atoms with E-state index in [2.05, 4.69) is 16.5 Å². The molecule has 1 aromatic heterocycles. The number of aromatic nitrogens is 2. The zero-order chi connectivity index (χ0) is 13.0. The molecule has 0 aliphatic rings. The molecule has 0 saturated heterocycles. The highest BCUT2D eigenvalue weighted by atomic mass is 15.2. The van der Waals surface area contributed by atoms with Crippen molar-refractivity contribution in [3.63, 3.8) is 0 Å². The van der Waals surface area contributed by atoms with Crippen LogP contribution in [0.5, 0.6) is 0 Å². The summed E-state index contributed by atoms with van der Waals surface area (Å²) in [7, 11) is 1.89. The molecular weight excluding hydrogens is 226 g/mol. The first-order valence-corrected chi connectivity index (χ1v) is 5.66. The molecule has 3 N–H and O–H groups in total. The van der Waals surface area contributed by atoms with Crippen LogP contribution in [0.1, 0.15) is 11.1 Å². The van der Waals surface area contributed by atoms with E-state index >= 15 is 0 Å². The van der Waals surface area contributed by atoms with Crippen molar-refractivity contribution in [2.45, 2.75) is 13.0 Å². The molecule has 0 bridgehead atoms. The number of nitrogen functional groups attached to an aromatic ring is 1. The van der Waals surface area contributed by atoms with Crippen LogP contribution in [0.15, 0.2) is 30.6 Å². The van der Waals surface area contributed by atoms with Crippen LogP contribution in [0.2, 0.25) is 0 Å². The van der Waals surface area contributed by atoms with Gasteiger partial charge in [-0.15, -0.1) is 0 Å². The fraction of sp³-hybridized carbons (Fsp3) is 0.231. The molecule has 92 valence electrons. The number of nitrogens with zero attached hydrogens (tertiary/aromatic N) is 3. The van der Waals surface area contributed by atoms with Gasteiger partial charge in [0.15, 0.2) is 0 Å². The molecule has 1 heterocycles. The van der Waals surface area contributed by atoms with E-state index in [1.807, 2.05) is 37.6 Å². The van der Waals surface area contributed by atoms with Gasteiger partial charge >= 0.3 is 0 Å². The molecule has 5 heteroatoms. The quantitative estimate of drug-likeness (QED) is 0.798. The summed E-state index contributed by atoms with van der Waals surface area (Å²) in [6, 6.07) is 7.75. The number of nitrogens with one attached hydrogen (secondary N) is 1. The Morgan fingerprint density at radius 1 is 1.50 bits per heavy atom. The van der Waals surface area contributed by atoms with Crippen molar-refractivity contribution in [2.24, 2.45) is 7.05 Å². The molecule has 0 aliphatic carbocycles. The number of hydrogen-bond acceptors (Lipinski definition) is 4. The fourth-order valence-electron chi connectivity index (χ4n) is 1.72. The first kappa shape index (κ1) is 12.0. The smallest absolute Gasteiger partial charge is 0.0670 e. The molecule has 0 radical (unpaired) electrons. The zero-order valence-corrected chi connectivity index (χ0v) is 10.2. The Bertz CT molecular complexity index is 579. The Morgan fingerprint density at radius 3 is 3.00 bits per heavy atom. The summed E-state index contributed by atoms with van der Waals surface area (Å²) in [4.78, 5) is 0. The Balaban J connectivity index is 2.05. The molecule has 1 aromatic carbocycles. The number of aryl methyl sites for hydroxylation is 1. The lowest BCUT2D eigenvalue weighted by Crippen LogP contribution is -2.01. The second kappa shape index (κ2) is 5.23. The summed E-state index contributed by atoms with van der Waals surface area (Å²) < 4.78 is 1.76. The molecule has 5 nitrogen and oxygen atoms in total. The lowest BCUT2D eigenvalue weighted by Gasteiger charge is -2.08. The van der Waals surface area contributed by atoms with Crippen LogP contribution in [0.3, 0.4) is 0 Å².